The van der Waals surface area contributed by atoms with E-state index >= 15 is 0 Å². The SMILES string of the molecule is C=C(OC(C)C)N1CCC(C(C)(C)C(O)c2cc(Cl)cc3cn[nH]c23)CC1. The number of aliphatic hydroxyl groups excluding tert-OH is 1. The number of nitrogens with one attached hydrogen (secondary N) is 1. The first kappa shape index (κ1) is 20.0. The summed E-state index contributed by atoms with van der Waals surface area (Å²) >= 11 is 6.27. The number of hydrogen-bond acceptors (Lipinski definition) is 4. The van der Waals surface area contributed by atoms with Crippen molar-refractivity contribution in [2.75, 3.05) is 13.1 Å². The van der Waals surface area contributed by atoms with Gasteiger partial charge in [-0.2, -0.15) is 5.10 Å². The predicted octanol–water partition coefficient (Wildman–Crippen LogP) is 4.88. The quantitative estimate of drug-likeness (QED) is 0.688. The third-order valence-corrected chi connectivity index (χ3v) is 6.03. The van der Waals surface area contributed by atoms with E-state index < -0.39 is 6.10 Å². The minimum absolute atomic E-state index is 0.133. The third kappa shape index (κ3) is 4.09. The first-order valence-electron chi connectivity index (χ1n) is 9.61. The Morgan fingerprint density at radius 1 is 1.37 bits per heavy atom. The summed E-state index contributed by atoms with van der Waals surface area (Å²) in [5.41, 5.74) is 1.38. The van der Waals surface area contributed by atoms with Crippen LogP contribution in [0.1, 0.15) is 52.2 Å². The molecule has 0 saturated carbocycles. The molecule has 1 aromatic carbocycles. The standard InChI is InChI=1S/C21H30ClN3O2/c1-13(2)27-14(3)25-8-6-16(7-9-25)21(4,5)20(26)18-11-17(22)10-15-12-23-24-19(15)18/h10-13,16,20,26H,3,6-9H2,1-2,4-5H3,(H,23,24). The number of halogens is 1. The number of aliphatic hydroxyl groups is 1. The molecule has 1 fully saturated rings. The molecule has 0 aliphatic carbocycles. The van der Waals surface area contributed by atoms with Crippen LogP contribution >= 0.6 is 11.6 Å². The van der Waals surface area contributed by atoms with Gasteiger partial charge in [-0.15, -0.1) is 0 Å². The normalized spacial score (nSPS) is 17.5. The summed E-state index contributed by atoms with van der Waals surface area (Å²) in [5.74, 6) is 1.13. The molecule has 1 aliphatic rings. The molecule has 1 unspecified atom stereocenters. The number of H-pyrrole nitrogens is 1. The third-order valence-electron chi connectivity index (χ3n) is 5.82. The van der Waals surface area contributed by atoms with E-state index in [4.69, 9.17) is 16.3 Å². The zero-order valence-corrected chi connectivity index (χ0v) is 17.4. The molecule has 1 atom stereocenters. The van der Waals surface area contributed by atoms with E-state index in [9.17, 15) is 5.11 Å². The van der Waals surface area contributed by atoms with Crippen molar-refractivity contribution < 1.29 is 9.84 Å². The zero-order valence-electron chi connectivity index (χ0n) is 16.6. The molecule has 0 bridgehead atoms. The van der Waals surface area contributed by atoms with Crippen molar-refractivity contribution in [3.63, 3.8) is 0 Å². The Balaban J connectivity index is 1.74. The highest BCUT2D eigenvalue weighted by Crippen LogP contribution is 2.46. The molecule has 1 saturated heterocycles. The monoisotopic (exact) mass is 391 g/mol. The van der Waals surface area contributed by atoms with Gasteiger partial charge in [0.15, 0.2) is 5.88 Å². The van der Waals surface area contributed by atoms with E-state index in [1.165, 1.54) is 0 Å². The van der Waals surface area contributed by atoms with Crippen molar-refractivity contribution in [1.82, 2.24) is 15.1 Å². The van der Waals surface area contributed by atoms with Gasteiger partial charge in [0.1, 0.15) is 0 Å². The van der Waals surface area contributed by atoms with Gasteiger partial charge in [-0.25, -0.2) is 0 Å². The van der Waals surface area contributed by atoms with E-state index in [-0.39, 0.29) is 11.5 Å². The average Bonchev–Trinajstić information content (AvgIpc) is 3.08. The maximum Gasteiger partial charge on any atom is 0.182 e. The van der Waals surface area contributed by atoms with Crippen LogP contribution in [-0.4, -0.2) is 39.4 Å². The second kappa shape index (κ2) is 7.72. The molecule has 6 heteroatoms. The number of hydrogen-bond donors (Lipinski definition) is 2. The summed E-state index contributed by atoms with van der Waals surface area (Å²) in [6.45, 7) is 14.1. The molecule has 148 valence electrons. The summed E-state index contributed by atoms with van der Waals surface area (Å²) in [5, 5.41) is 19.9. The van der Waals surface area contributed by atoms with Crippen molar-refractivity contribution in [3.8, 4) is 0 Å². The smallest absolute Gasteiger partial charge is 0.182 e. The highest BCUT2D eigenvalue weighted by molar-refractivity contribution is 6.31. The van der Waals surface area contributed by atoms with Crippen LogP contribution in [0.25, 0.3) is 10.9 Å². The summed E-state index contributed by atoms with van der Waals surface area (Å²) in [4.78, 5) is 2.20. The topological polar surface area (TPSA) is 61.4 Å². The molecule has 0 radical (unpaired) electrons. The molecule has 2 aromatic rings. The lowest BCUT2D eigenvalue weighted by Crippen LogP contribution is -2.41. The van der Waals surface area contributed by atoms with Crippen molar-refractivity contribution in [1.29, 1.82) is 0 Å². The molecule has 2 heterocycles. The van der Waals surface area contributed by atoms with Crippen molar-refractivity contribution >= 4 is 22.5 Å². The molecular formula is C21H30ClN3O2. The lowest BCUT2D eigenvalue weighted by Gasteiger charge is -2.44. The number of aromatic amines is 1. The fourth-order valence-corrected chi connectivity index (χ4v) is 4.34. The van der Waals surface area contributed by atoms with E-state index in [0.717, 1.165) is 48.3 Å². The van der Waals surface area contributed by atoms with E-state index in [1.54, 1.807) is 6.20 Å². The van der Waals surface area contributed by atoms with Crippen LogP contribution in [0.5, 0.6) is 0 Å². The maximum absolute atomic E-state index is 11.3. The Labute approximate surface area is 166 Å². The van der Waals surface area contributed by atoms with Gasteiger partial charge in [0, 0.05) is 29.1 Å². The van der Waals surface area contributed by atoms with Gasteiger partial charge in [0.25, 0.3) is 0 Å². The number of fused-ring (bicyclic) bond motifs is 1. The fourth-order valence-electron chi connectivity index (χ4n) is 4.11. The molecule has 27 heavy (non-hydrogen) atoms. The highest BCUT2D eigenvalue weighted by atomic mass is 35.5. The van der Waals surface area contributed by atoms with E-state index in [1.807, 2.05) is 26.0 Å². The lowest BCUT2D eigenvalue weighted by atomic mass is 9.68. The van der Waals surface area contributed by atoms with Crippen molar-refractivity contribution in [2.45, 2.75) is 52.7 Å². The number of ether oxygens (including phenoxy) is 1. The first-order chi connectivity index (χ1) is 12.7. The molecular weight excluding hydrogens is 362 g/mol. The molecule has 3 rings (SSSR count). The van der Waals surface area contributed by atoms with Crippen LogP contribution in [0.3, 0.4) is 0 Å². The largest absolute Gasteiger partial charge is 0.477 e. The number of benzene rings is 1. The van der Waals surface area contributed by atoms with Gasteiger partial charge in [0.2, 0.25) is 0 Å². The highest BCUT2D eigenvalue weighted by Gasteiger charge is 2.40. The molecule has 1 aromatic heterocycles. The van der Waals surface area contributed by atoms with E-state index in [2.05, 4.69) is 35.5 Å². The van der Waals surface area contributed by atoms with Gasteiger partial charge < -0.3 is 14.7 Å². The van der Waals surface area contributed by atoms with Crippen molar-refractivity contribution in [3.05, 3.63) is 41.4 Å². The fraction of sp³-hybridized carbons (Fsp3) is 0.571. The summed E-state index contributed by atoms with van der Waals surface area (Å²) in [6.07, 6.45) is 3.21. The number of nitrogens with zero attached hydrogens (tertiary/aromatic N) is 2. The Morgan fingerprint density at radius 2 is 2.04 bits per heavy atom. The van der Waals surface area contributed by atoms with Gasteiger partial charge >= 0.3 is 0 Å². The van der Waals surface area contributed by atoms with Crippen LogP contribution in [0, 0.1) is 11.3 Å². The molecule has 0 amide bonds. The molecule has 5 nitrogen and oxygen atoms in total. The van der Waals surface area contributed by atoms with Crippen LogP contribution < -0.4 is 0 Å². The lowest BCUT2D eigenvalue weighted by molar-refractivity contribution is -0.0254. The zero-order chi connectivity index (χ0) is 19.8. The molecule has 0 spiro atoms. The Hall–Kier alpha value is -1.72. The Morgan fingerprint density at radius 3 is 2.67 bits per heavy atom. The number of piperidine rings is 1. The number of rotatable bonds is 6. The summed E-state index contributed by atoms with van der Waals surface area (Å²) < 4.78 is 5.74. The van der Waals surface area contributed by atoms with Crippen LogP contribution in [-0.2, 0) is 4.74 Å². The van der Waals surface area contributed by atoms with Crippen molar-refractivity contribution in [2.24, 2.45) is 11.3 Å². The van der Waals surface area contributed by atoms with Crippen LogP contribution in [0.4, 0.5) is 0 Å². The second-order valence-electron chi connectivity index (χ2n) is 8.37. The second-order valence-corrected chi connectivity index (χ2v) is 8.81. The van der Waals surface area contributed by atoms with Gasteiger partial charge in [-0.1, -0.05) is 25.4 Å². The molecule has 1 aliphatic heterocycles. The Kier molecular flexibility index (Phi) is 5.73. The van der Waals surface area contributed by atoms with Crippen LogP contribution in [0.2, 0.25) is 5.02 Å². The van der Waals surface area contributed by atoms with Crippen LogP contribution in [0.15, 0.2) is 30.8 Å². The van der Waals surface area contributed by atoms with E-state index in [0.29, 0.717) is 10.9 Å². The summed E-state index contributed by atoms with van der Waals surface area (Å²) in [7, 11) is 0. The predicted molar refractivity (Wildman–Crippen MR) is 110 cm³/mol. The van der Waals surface area contributed by atoms with Gasteiger partial charge in [0.05, 0.1) is 23.9 Å². The Bertz CT molecular complexity index is 807. The van der Waals surface area contributed by atoms with Gasteiger partial charge in [-0.3, -0.25) is 5.10 Å². The number of aromatic nitrogens is 2. The number of likely N-dealkylation sites (tertiary alicyclic amines) is 1. The minimum Gasteiger partial charge on any atom is -0.477 e. The molecule has 2 N–H and O–H groups in total. The van der Waals surface area contributed by atoms with Gasteiger partial charge in [-0.05, 0) is 56.7 Å². The average molecular weight is 392 g/mol. The first-order valence-corrected chi connectivity index (χ1v) is 9.99. The maximum atomic E-state index is 11.3. The summed E-state index contributed by atoms with van der Waals surface area (Å²) in [6, 6.07) is 3.71. The minimum atomic E-state index is -0.634.